The summed E-state index contributed by atoms with van der Waals surface area (Å²) in [7, 11) is 0. The lowest BCUT2D eigenvalue weighted by Gasteiger charge is -2.09. The van der Waals surface area contributed by atoms with Crippen molar-refractivity contribution in [3.05, 3.63) is 59.4 Å². The van der Waals surface area contributed by atoms with Crippen LogP contribution >= 0.6 is 0 Å². The Kier molecular flexibility index (Phi) is 3.20. The molecule has 0 spiro atoms. The zero-order chi connectivity index (χ0) is 11.4. The van der Waals surface area contributed by atoms with Gasteiger partial charge in [0.25, 0.3) is 0 Å². The molecule has 82 valence electrons. The number of nitrogens with zero attached hydrogens (tertiary/aromatic N) is 1. The summed E-state index contributed by atoms with van der Waals surface area (Å²) in [5.74, 6) is 0.809. The van der Waals surface area contributed by atoms with Gasteiger partial charge in [-0.2, -0.15) is 0 Å². The van der Waals surface area contributed by atoms with Gasteiger partial charge in [0.05, 0.1) is 6.20 Å². The Bertz CT molecular complexity index is 465. The molecule has 0 radical (unpaired) electrons. The summed E-state index contributed by atoms with van der Waals surface area (Å²) in [6.07, 6.45) is 3.47. The molecular weight excluding hydrogens is 198 g/mol. The Hall–Kier alpha value is -1.83. The largest absolute Gasteiger partial charge is 0.487 e. The van der Waals surface area contributed by atoms with Crippen LogP contribution in [0, 0.1) is 13.8 Å². The average molecular weight is 213 g/mol. The molecule has 0 saturated heterocycles. The molecular formula is C14H15NO. The van der Waals surface area contributed by atoms with E-state index in [1.165, 1.54) is 16.7 Å². The zero-order valence-electron chi connectivity index (χ0n) is 9.60. The molecule has 2 aromatic rings. The van der Waals surface area contributed by atoms with E-state index in [4.69, 9.17) is 4.74 Å². The highest BCUT2D eigenvalue weighted by molar-refractivity contribution is 5.30. The molecule has 2 rings (SSSR count). The number of rotatable bonds is 3. The van der Waals surface area contributed by atoms with Crippen molar-refractivity contribution in [1.82, 2.24) is 4.98 Å². The van der Waals surface area contributed by atoms with Gasteiger partial charge in [0.2, 0.25) is 0 Å². The standard InChI is InChI=1S/C14H15NO/c1-11-5-6-12(2)13(8-11)10-16-14-4-3-7-15-9-14/h3-9H,10H2,1-2H3. The van der Waals surface area contributed by atoms with Crippen LogP contribution in [0.4, 0.5) is 0 Å². The highest BCUT2D eigenvalue weighted by atomic mass is 16.5. The number of benzene rings is 1. The monoisotopic (exact) mass is 213 g/mol. The lowest BCUT2D eigenvalue weighted by atomic mass is 10.1. The second-order valence-electron chi connectivity index (χ2n) is 3.91. The predicted molar refractivity (Wildman–Crippen MR) is 64.5 cm³/mol. The molecule has 1 aromatic carbocycles. The predicted octanol–water partition coefficient (Wildman–Crippen LogP) is 3.28. The first kappa shape index (κ1) is 10.7. The molecule has 0 amide bonds. The molecule has 0 aliphatic heterocycles. The zero-order valence-corrected chi connectivity index (χ0v) is 9.60. The van der Waals surface area contributed by atoms with Crippen molar-refractivity contribution in [2.24, 2.45) is 0 Å². The Labute approximate surface area is 95.9 Å². The van der Waals surface area contributed by atoms with Crippen LogP contribution in [0.5, 0.6) is 5.75 Å². The molecule has 0 atom stereocenters. The van der Waals surface area contributed by atoms with Crippen molar-refractivity contribution in [1.29, 1.82) is 0 Å². The first-order valence-corrected chi connectivity index (χ1v) is 5.34. The van der Waals surface area contributed by atoms with Crippen LogP contribution in [0.3, 0.4) is 0 Å². The molecule has 1 aromatic heterocycles. The van der Waals surface area contributed by atoms with E-state index in [-0.39, 0.29) is 0 Å². The van der Waals surface area contributed by atoms with Gasteiger partial charge in [0.1, 0.15) is 12.4 Å². The van der Waals surface area contributed by atoms with Crippen molar-refractivity contribution in [3.63, 3.8) is 0 Å². The highest BCUT2D eigenvalue weighted by Gasteiger charge is 2.00. The van der Waals surface area contributed by atoms with Crippen LogP contribution < -0.4 is 4.74 Å². The summed E-state index contributed by atoms with van der Waals surface area (Å²) in [5.41, 5.74) is 3.74. The van der Waals surface area contributed by atoms with Crippen molar-refractivity contribution in [2.45, 2.75) is 20.5 Å². The van der Waals surface area contributed by atoms with E-state index < -0.39 is 0 Å². The number of aromatic nitrogens is 1. The number of pyridine rings is 1. The first-order valence-electron chi connectivity index (χ1n) is 5.34. The minimum Gasteiger partial charge on any atom is -0.487 e. The molecule has 0 N–H and O–H groups in total. The quantitative estimate of drug-likeness (QED) is 0.780. The van der Waals surface area contributed by atoms with Gasteiger partial charge in [0, 0.05) is 6.20 Å². The van der Waals surface area contributed by atoms with Crippen molar-refractivity contribution < 1.29 is 4.74 Å². The first-order chi connectivity index (χ1) is 7.75. The van der Waals surface area contributed by atoms with Crippen molar-refractivity contribution in [2.75, 3.05) is 0 Å². The summed E-state index contributed by atoms with van der Waals surface area (Å²) >= 11 is 0. The summed E-state index contributed by atoms with van der Waals surface area (Å²) in [6, 6.07) is 10.2. The Morgan fingerprint density at radius 1 is 1.19 bits per heavy atom. The molecule has 0 fully saturated rings. The molecule has 0 unspecified atom stereocenters. The number of aryl methyl sites for hydroxylation is 2. The van der Waals surface area contributed by atoms with Crippen LogP contribution in [0.25, 0.3) is 0 Å². The lowest BCUT2D eigenvalue weighted by molar-refractivity contribution is 0.304. The second-order valence-corrected chi connectivity index (χ2v) is 3.91. The smallest absolute Gasteiger partial charge is 0.138 e. The average Bonchev–Trinajstić information content (AvgIpc) is 2.32. The Morgan fingerprint density at radius 3 is 2.81 bits per heavy atom. The van der Waals surface area contributed by atoms with Gasteiger partial charge in [-0.3, -0.25) is 4.98 Å². The Balaban J connectivity index is 2.08. The molecule has 0 saturated carbocycles. The lowest BCUT2D eigenvalue weighted by Crippen LogP contribution is -1.98. The molecule has 0 bridgehead atoms. The van der Waals surface area contributed by atoms with Crippen LogP contribution in [0.15, 0.2) is 42.7 Å². The fraction of sp³-hybridized carbons (Fsp3) is 0.214. The summed E-state index contributed by atoms with van der Waals surface area (Å²) in [5, 5.41) is 0. The van der Waals surface area contributed by atoms with E-state index in [9.17, 15) is 0 Å². The van der Waals surface area contributed by atoms with Crippen molar-refractivity contribution >= 4 is 0 Å². The number of hydrogen-bond donors (Lipinski definition) is 0. The van der Waals surface area contributed by atoms with Gasteiger partial charge in [-0.05, 0) is 37.1 Å². The maximum atomic E-state index is 5.67. The van der Waals surface area contributed by atoms with E-state index in [1.807, 2.05) is 12.1 Å². The van der Waals surface area contributed by atoms with E-state index in [0.717, 1.165) is 5.75 Å². The van der Waals surface area contributed by atoms with Gasteiger partial charge in [0.15, 0.2) is 0 Å². The summed E-state index contributed by atoms with van der Waals surface area (Å²) in [4.78, 5) is 4.01. The molecule has 2 nitrogen and oxygen atoms in total. The fourth-order valence-electron chi connectivity index (χ4n) is 1.55. The fourth-order valence-corrected chi connectivity index (χ4v) is 1.55. The van der Waals surface area contributed by atoms with E-state index in [2.05, 4.69) is 37.0 Å². The van der Waals surface area contributed by atoms with Crippen molar-refractivity contribution in [3.8, 4) is 5.75 Å². The third-order valence-electron chi connectivity index (χ3n) is 2.53. The molecule has 2 heteroatoms. The van der Waals surface area contributed by atoms with E-state index in [0.29, 0.717) is 6.61 Å². The van der Waals surface area contributed by atoms with Gasteiger partial charge < -0.3 is 4.74 Å². The minimum absolute atomic E-state index is 0.596. The van der Waals surface area contributed by atoms with Gasteiger partial charge in [-0.15, -0.1) is 0 Å². The van der Waals surface area contributed by atoms with E-state index >= 15 is 0 Å². The van der Waals surface area contributed by atoms with Gasteiger partial charge in [-0.1, -0.05) is 23.8 Å². The number of hydrogen-bond acceptors (Lipinski definition) is 2. The van der Waals surface area contributed by atoms with Crippen LogP contribution in [-0.4, -0.2) is 4.98 Å². The van der Waals surface area contributed by atoms with Crippen LogP contribution in [0.1, 0.15) is 16.7 Å². The summed E-state index contributed by atoms with van der Waals surface area (Å²) in [6.45, 7) is 4.79. The minimum atomic E-state index is 0.596. The Morgan fingerprint density at radius 2 is 2.06 bits per heavy atom. The molecule has 0 aliphatic carbocycles. The van der Waals surface area contributed by atoms with Crippen LogP contribution in [-0.2, 0) is 6.61 Å². The van der Waals surface area contributed by atoms with E-state index in [1.54, 1.807) is 12.4 Å². The maximum Gasteiger partial charge on any atom is 0.138 e. The van der Waals surface area contributed by atoms with Gasteiger partial charge >= 0.3 is 0 Å². The van der Waals surface area contributed by atoms with Crippen LogP contribution in [0.2, 0.25) is 0 Å². The third kappa shape index (κ3) is 2.60. The molecule has 16 heavy (non-hydrogen) atoms. The highest BCUT2D eigenvalue weighted by Crippen LogP contribution is 2.14. The number of ether oxygens (including phenoxy) is 1. The topological polar surface area (TPSA) is 22.1 Å². The second kappa shape index (κ2) is 4.79. The SMILES string of the molecule is Cc1ccc(C)c(COc2cccnc2)c1. The summed E-state index contributed by atoms with van der Waals surface area (Å²) < 4.78 is 5.67. The third-order valence-corrected chi connectivity index (χ3v) is 2.53. The van der Waals surface area contributed by atoms with Gasteiger partial charge in [-0.25, -0.2) is 0 Å². The maximum absolute atomic E-state index is 5.67. The normalized spacial score (nSPS) is 10.1. The molecule has 1 heterocycles. The molecule has 0 aliphatic rings.